The quantitative estimate of drug-likeness (QED) is 0.822. The summed E-state index contributed by atoms with van der Waals surface area (Å²) in [6, 6.07) is 6.44. The van der Waals surface area contributed by atoms with Crippen LogP contribution in [-0.4, -0.2) is 6.26 Å². The van der Waals surface area contributed by atoms with E-state index in [2.05, 4.69) is 45.8 Å². The van der Waals surface area contributed by atoms with E-state index in [4.69, 9.17) is 0 Å². The minimum atomic E-state index is 0.918. The van der Waals surface area contributed by atoms with Crippen LogP contribution in [-0.2, 0) is 6.54 Å². The molecule has 0 bridgehead atoms. The Morgan fingerprint density at radius 3 is 2.75 bits per heavy atom. The minimum Gasteiger partial charge on any atom is -0.260 e. The van der Waals surface area contributed by atoms with Crippen molar-refractivity contribution < 1.29 is 0 Å². The summed E-state index contributed by atoms with van der Waals surface area (Å²) in [5.41, 5.74) is 2.61. The second-order valence-corrected chi connectivity index (χ2v) is 4.27. The Morgan fingerprint density at radius 1 is 1.42 bits per heavy atom. The fraction of sp³-hybridized carbons (Fsp3) is 0.333. The van der Waals surface area contributed by atoms with Gasteiger partial charge in [-0.1, -0.05) is 33.9 Å². The molecule has 1 N–H and O–H groups in total. The molecule has 0 aromatic heterocycles. The van der Waals surface area contributed by atoms with E-state index in [1.54, 1.807) is 11.9 Å². The van der Waals surface area contributed by atoms with Crippen molar-refractivity contribution in [2.75, 3.05) is 6.26 Å². The maximum atomic E-state index is 3.47. The maximum absolute atomic E-state index is 3.47. The predicted octanol–water partition coefficient (Wildman–Crippen LogP) is 3.13. The Hall–Kier alpha value is 0.01000. The van der Waals surface area contributed by atoms with Crippen molar-refractivity contribution in [1.29, 1.82) is 0 Å². The molecule has 3 heteroatoms. The van der Waals surface area contributed by atoms with E-state index in [1.807, 2.05) is 6.26 Å². The molecule has 66 valence electrons. The number of hydrogen-bond acceptors (Lipinski definition) is 2. The Balaban J connectivity index is 2.72. The fourth-order valence-electron chi connectivity index (χ4n) is 1.07. The summed E-state index contributed by atoms with van der Waals surface area (Å²) < 4.78 is 4.37. The van der Waals surface area contributed by atoms with Gasteiger partial charge in [0.05, 0.1) is 0 Å². The Labute approximate surface area is 86.2 Å². The second-order valence-electron chi connectivity index (χ2n) is 2.66. The summed E-state index contributed by atoms with van der Waals surface area (Å²) in [7, 11) is 0. The van der Waals surface area contributed by atoms with Gasteiger partial charge in [-0.05, 0) is 36.4 Å². The summed E-state index contributed by atoms with van der Waals surface area (Å²) in [6.07, 6.45) is 2.03. The molecule has 12 heavy (non-hydrogen) atoms. The monoisotopic (exact) mass is 245 g/mol. The molecule has 0 amide bonds. The second kappa shape index (κ2) is 4.90. The first-order chi connectivity index (χ1) is 5.72. The van der Waals surface area contributed by atoms with E-state index >= 15 is 0 Å². The van der Waals surface area contributed by atoms with E-state index in [9.17, 15) is 0 Å². The first kappa shape index (κ1) is 10.1. The molecule has 0 fully saturated rings. The lowest BCUT2D eigenvalue weighted by atomic mass is 10.1. The van der Waals surface area contributed by atoms with Crippen molar-refractivity contribution in [2.24, 2.45) is 0 Å². The van der Waals surface area contributed by atoms with Crippen molar-refractivity contribution in [3.05, 3.63) is 33.8 Å². The predicted molar refractivity (Wildman–Crippen MR) is 59.2 cm³/mol. The number of rotatable bonds is 3. The van der Waals surface area contributed by atoms with Crippen LogP contribution in [0.4, 0.5) is 0 Å². The van der Waals surface area contributed by atoms with Crippen molar-refractivity contribution in [3.8, 4) is 0 Å². The Bertz CT molecular complexity index is 242. The SMILES string of the molecule is CSNCc1cc(C)cc(Br)c1. The number of benzene rings is 1. The standard InChI is InChI=1S/C9H12BrNS/c1-7-3-8(6-11-12-2)5-9(10)4-7/h3-5,11H,6H2,1-2H3. The van der Waals surface area contributed by atoms with Gasteiger partial charge in [-0.3, -0.25) is 4.72 Å². The summed E-state index contributed by atoms with van der Waals surface area (Å²) in [5, 5.41) is 0. The zero-order chi connectivity index (χ0) is 8.97. The van der Waals surface area contributed by atoms with Gasteiger partial charge in [-0.25, -0.2) is 0 Å². The lowest BCUT2D eigenvalue weighted by Crippen LogP contribution is -2.01. The summed E-state index contributed by atoms with van der Waals surface area (Å²) in [4.78, 5) is 0. The molecule has 0 saturated heterocycles. The van der Waals surface area contributed by atoms with E-state index in [0.29, 0.717) is 0 Å². The van der Waals surface area contributed by atoms with Gasteiger partial charge in [0.2, 0.25) is 0 Å². The highest BCUT2D eigenvalue weighted by Crippen LogP contribution is 2.15. The average Bonchev–Trinajstić information content (AvgIpc) is 1.99. The lowest BCUT2D eigenvalue weighted by molar-refractivity contribution is 0.975. The largest absolute Gasteiger partial charge is 0.260 e. The van der Waals surface area contributed by atoms with Crippen LogP contribution in [0.5, 0.6) is 0 Å². The first-order valence-electron chi connectivity index (χ1n) is 3.74. The number of nitrogens with one attached hydrogen (secondary N) is 1. The van der Waals surface area contributed by atoms with Crippen LogP contribution in [0.2, 0.25) is 0 Å². The minimum absolute atomic E-state index is 0.918. The normalized spacial score (nSPS) is 10.2. The van der Waals surface area contributed by atoms with E-state index in [0.717, 1.165) is 11.0 Å². The molecule has 0 aliphatic rings. The van der Waals surface area contributed by atoms with Gasteiger partial charge in [-0.2, -0.15) is 0 Å². The summed E-state index contributed by atoms with van der Waals surface area (Å²) in [6.45, 7) is 3.02. The molecule has 0 saturated carbocycles. The zero-order valence-electron chi connectivity index (χ0n) is 7.23. The van der Waals surface area contributed by atoms with Gasteiger partial charge in [-0.15, -0.1) is 0 Å². The smallest absolute Gasteiger partial charge is 0.0310 e. The van der Waals surface area contributed by atoms with Gasteiger partial charge >= 0.3 is 0 Å². The highest BCUT2D eigenvalue weighted by Gasteiger charge is 1.95. The van der Waals surface area contributed by atoms with Crippen molar-refractivity contribution >= 4 is 27.9 Å². The van der Waals surface area contributed by atoms with Gasteiger partial charge in [0.25, 0.3) is 0 Å². The van der Waals surface area contributed by atoms with Crippen LogP contribution in [0.15, 0.2) is 22.7 Å². The molecule has 1 rings (SSSR count). The van der Waals surface area contributed by atoms with E-state index in [-0.39, 0.29) is 0 Å². The van der Waals surface area contributed by atoms with Crippen molar-refractivity contribution in [3.63, 3.8) is 0 Å². The third kappa shape index (κ3) is 3.17. The molecule has 0 radical (unpaired) electrons. The molecule has 0 heterocycles. The van der Waals surface area contributed by atoms with Gasteiger partial charge in [0.1, 0.15) is 0 Å². The van der Waals surface area contributed by atoms with Crippen LogP contribution < -0.4 is 4.72 Å². The molecular weight excluding hydrogens is 234 g/mol. The van der Waals surface area contributed by atoms with Gasteiger partial charge in [0, 0.05) is 11.0 Å². The first-order valence-corrected chi connectivity index (χ1v) is 5.76. The molecule has 0 spiro atoms. The highest BCUT2D eigenvalue weighted by molar-refractivity contribution is 9.10. The van der Waals surface area contributed by atoms with Crippen LogP contribution in [0, 0.1) is 6.92 Å². The van der Waals surface area contributed by atoms with E-state index in [1.165, 1.54) is 11.1 Å². The van der Waals surface area contributed by atoms with Crippen molar-refractivity contribution in [1.82, 2.24) is 4.72 Å². The van der Waals surface area contributed by atoms with Gasteiger partial charge in [0.15, 0.2) is 0 Å². The third-order valence-electron chi connectivity index (χ3n) is 1.52. The van der Waals surface area contributed by atoms with Gasteiger partial charge < -0.3 is 0 Å². The highest BCUT2D eigenvalue weighted by atomic mass is 79.9. The summed E-state index contributed by atoms with van der Waals surface area (Å²) >= 11 is 5.11. The molecule has 1 aromatic carbocycles. The van der Waals surface area contributed by atoms with Crippen LogP contribution in [0.25, 0.3) is 0 Å². The topological polar surface area (TPSA) is 12.0 Å². The van der Waals surface area contributed by atoms with Crippen LogP contribution in [0.1, 0.15) is 11.1 Å². The Kier molecular flexibility index (Phi) is 4.12. The zero-order valence-corrected chi connectivity index (χ0v) is 9.63. The molecule has 1 aromatic rings. The molecule has 0 unspecified atom stereocenters. The summed E-state index contributed by atoms with van der Waals surface area (Å²) in [5.74, 6) is 0. The third-order valence-corrected chi connectivity index (χ3v) is 2.41. The van der Waals surface area contributed by atoms with Crippen LogP contribution >= 0.6 is 27.9 Å². The van der Waals surface area contributed by atoms with E-state index < -0.39 is 0 Å². The molecule has 1 nitrogen and oxygen atoms in total. The number of hydrogen-bond donors (Lipinski definition) is 1. The molecule has 0 aliphatic heterocycles. The maximum Gasteiger partial charge on any atom is 0.0310 e. The lowest BCUT2D eigenvalue weighted by Gasteiger charge is -2.03. The molecule has 0 atom stereocenters. The van der Waals surface area contributed by atoms with Crippen molar-refractivity contribution in [2.45, 2.75) is 13.5 Å². The number of aryl methyl sites for hydroxylation is 1. The number of halogens is 1. The molecule has 0 aliphatic carbocycles. The fourth-order valence-corrected chi connectivity index (χ4v) is 2.04. The average molecular weight is 246 g/mol. The van der Waals surface area contributed by atoms with Crippen LogP contribution in [0.3, 0.4) is 0 Å². The molecular formula is C9H12BrNS. The Morgan fingerprint density at radius 2 is 2.17 bits per heavy atom.